The largest absolute Gasteiger partial charge is 0.131 e. The predicted molar refractivity (Wildman–Crippen MR) is 43.3 cm³/mol. The quantitative estimate of drug-likeness (QED) is 0.321. The number of halogens is 2. The third-order valence-corrected chi connectivity index (χ3v) is 6.91. The molecule has 0 spiro atoms. The summed E-state index contributed by atoms with van der Waals surface area (Å²) in [5.41, 5.74) is 3.35. The zero-order valence-corrected chi connectivity index (χ0v) is 8.63. The molecule has 0 saturated carbocycles. The molecule has 0 saturated heterocycles. The van der Waals surface area contributed by atoms with Crippen LogP contribution < -0.4 is 0 Å². The normalized spacial score (nSPS) is 12.9. The highest BCUT2D eigenvalue weighted by Gasteiger charge is 1.84. The van der Waals surface area contributed by atoms with Crippen LogP contribution in [0.5, 0.6) is 0 Å². The van der Waals surface area contributed by atoms with Crippen LogP contribution in [0, 0.1) is 0 Å². The first kappa shape index (κ1) is 8.01. The fourth-order valence-electron chi connectivity index (χ4n) is 0.366. The van der Waals surface area contributed by atoms with Gasteiger partial charge in [-0.3, -0.25) is 0 Å². The Labute approximate surface area is 59.2 Å². The van der Waals surface area contributed by atoms with Gasteiger partial charge < -0.3 is 0 Å². The number of hydrogen-bond acceptors (Lipinski definition) is 0. The van der Waals surface area contributed by atoms with Gasteiger partial charge >= 0.3 is 0 Å². The van der Waals surface area contributed by atoms with Gasteiger partial charge in [0.05, 0.1) is 0 Å². The maximum Gasteiger partial charge on any atom is 0.0348 e. The van der Waals surface area contributed by atoms with E-state index >= 15 is 0 Å². The smallest absolute Gasteiger partial charge is 0.0348 e. The van der Waals surface area contributed by atoms with Gasteiger partial charge in [-0.05, 0) is 0 Å². The van der Waals surface area contributed by atoms with Crippen molar-refractivity contribution in [2.24, 2.45) is 0 Å². The van der Waals surface area contributed by atoms with Crippen molar-refractivity contribution in [2.75, 3.05) is 11.0 Å². The van der Waals surface area contributed by atoms with Gasteiger partial charge in [0.1, 0.15) is 0 Å². The van der Waals surface area contributed by atoms with Gasteiger partial charge in [0.2, 0.25) is 0 Å². The molecule has 0 unspecified atom stereocenters. The van der Waals surface area contributed by atoms with Crippen molar-refractivity contribution in [3.63, 3.8) is 0 Å². The molecule has 44 valence electrons. The van der Waals surface area contributed by atoms with Crippen molar-refractivity contribution < 1.29 is 0 Å². The summed E-state index contributed by atoms with van der Waals surface area (Å²) in [6.45, 7) is 0. The first-order valence-corrected chi connectivity index (χ1v) is 7.60. The SMILES string of the molecule is ClC[SiH2]C[SiH2]CCl. The number of hydrogen-bond donors (Lipinski definition) is 0. The van der Waals surface area contributed by atoms with E-state index in [1.807, 2.05) is 0 Å². The molecule has 0 aliphatic carbocycles. The summed E-state index contributed by atoms with van der Waals surface area (Å²) in [7, 11) is 0.307. The van der Waals surface area contributed by atoms with E-state index in [0.717, 1.165) is 11.0 Å². The minimum atomic E-state index is 0.153. The third kappa shape index (κ3) is 7.01. The molecule has 7 heavy (non-hydrogen) atoms. The van der Waals surface area contributed by atoms with Crippen LogP contribution in [0.2, 0.25) is 5.67 Å². The Morgan fingerprint density at radius 1 is 1.00 bits per heavy atom. The monoisotopic (exact) mass is 172 g/mol. The van der Waals surface area contributed by atoms with Crippen LogP contribution in [0.25, 0.3) is 0 Å². The van der Waals surface area contributed by atoms with Crippen LogP contribution in [0.3, 0.4) is 0 Å². The van der Waals surface area contributed by atoms with E-state index in [1.54, 1.807) is 0 Å². The third-order valence-electron chi connectivity index (χ3n) is 0.767. The molecule has 0 heterocycles. The van der Waals surface area contributed by atoms with Gasteiger partial charge in [-0.2, -0.15) is 0 Å². The summed E-state index contributed by atoms with van der Waals surface area (Å²) in [6, 6.07) is 0. The second-order valence-corrected chi connectivity index (χ2v) is 8.70. The first-order chi connectivity index (χ1) is 3.41. The van der Waals surface area contributed by atoms with E-state index < -0.39 is 0 Å². The van der Waals surface area contributed by atoms with E-state index in [2.05, 4.69) is 0 Å². The topological polar surface area (TPSA) is 0 Å². The molecule has 0 radical (unpaired) electrons. The Bertz CT molecular complexity index is 30.1. The van der Waals surface area contributed by atoms with Gasteiger partial charge in [-0.15, -0.1) is 23.2 Å². The van der Waals surface area contributed by atoms with E-state index in [4.69, 9.17) is 23.2 Å². The molecule has 0 bridgehead atoms. The molecule has 0 amide bonds. The van der Waals surface area contributed by atoms with Gasteiger partial charge in [0, 0.05) is 30.0 Å². The van der Waals surface area contributed by atoms with Crippen LogP contribution in [-0.2, 0) is 0 Å². The van der Waals surface area contributed by atoms with Crippen LogP contribution in [0.15, 0.2) is 0 Å². The lowest BCUT2D eigenvalue weighted by Crippen LogP contribution is -1.99. The minimum absolute atomic E-state index is 0.153. The van der Waals surface area contributed by atoms with Crippen LogP contribution in [0.4, 0.5) is 0 Å². The van der Waals surface area contributed by atoms with E-state index in [9.17, 15) is 0 Å². The molecular weight excluding hydrogens is 163 g/mol. The molecule has 0 rings (SSSR count). The molecule has 0 fully saturated rings. The Morgan fingerprint density at radius 2 is 1.43 bits per heavy atom. The molecule has 0 aromatic heterocycles. The first-order valence-electron chi connectivity index (χ1n) is 2.53. The summed E-state index contributed by atoms with van der Waals surface area (Å²) in [6.07, 6.45) is 0. The van der Waals surface area contributed by atoms with Gasteiger partial charge in [-0.1, -0.05) is 5.67 Å². The van der Waals surface area contributed by atoms with Crippen molar-refractivity contribution in [3.05, 3.63) is 0 Å². The van der Waals surface area contributed by atoms with Crippen molar-refractivity contribution in [1.29, 1.82) is 0 Å². The standard InChI is InChI=1S/C3H10Cl2Si2/c4-1-6-3-7-2-5/h1-3,6-7H2. The molecule has 0 N–H and O–H groups in total. The molecule has 0 atom stereocenters. The average molecular weight is 173 g/mol. The van der Waals surface area contributed by atoms with Gasteiger partial charge in [0.15, 0.2) is 0 Å². The number of rotatable bonds is 4. The Hall–Kier alpha value is 1.01. The average Bonchev–Trinajstić information content (AvgIpc) is 1.69. The predicted octanol–water partition coefficient (Wildman–Crippen LogP) is 0.0924. The Kier molecular flexibility index (Phi) is 8.03. The maximum atomic E-state index is 5.48. The fourth-order valence-corrected chi connectivity index (χ4v) is 6.69. The molecule has 0 aromatic carbocycles. The Morgan fingerprint density at radius 3 is 1.71 bits per heavy atom. The second-order valence-electron chi connectivity index (χ2n) is 1.44. The van der Waals surface area contributed by atoms with Crippen LogP contribution in [-0.4, -0.2) is 30.0 Å². The van der Waals surface area contributed by atoms with E-state index in [-0.39, 0.29) is 19.0 Å². The molecule has 0 aromatic rings. The molecule has 0 aliphatic heterocycles. The fraction of sp³-hybridized carbons (Fsp3) is 1.00. The van der Waals surface area contributed by atoms with Crippen molar-refractivity contribution in [2.45, 2.75) is 5.67 Å². The van der Waals surface area contributed by atoms with E-state index in [1.165, 1.54) is 5.67 Å². The van der Waals surface area contributed by atoms with Crippen LogP contribution >= 0.6 is 23.2 Å². The number of alkyl halides is 2. The zero-order valence-electron chi connectivity index (χ0n) is 4.29. The highest BCUT2D eigenvalue weighted by molar-refractivity contribution is 6.65. The maximum absolute atomic E-state index is 5.48. The summed E-state index contributed by atoms with van der Waals surface area (Å²) in [5, 5.41) is 0. The van der Waals surface area contributed by atoms with Gasteiger partial charge in [0.25, 0.3) is 0 Å². The highest BCUT2D eigenvalue weighted by Crippen LogP contribution is 1.80. The minimum Gasteiger partial charge on any atom is -0.131 e. The lowest BCUT2D eigenvalue weighted by Gasteiger charge is -1.86. The lowest BCUT2D eigenvalue weighted by molar-refractivity contribution is 1.85. The van der Waals surface area contributed by atoms with Crippen molar-refractivity contribution >= 4 is 42.2 Å². The van der Waals surface area contributed by atoms with Crippen molar-refractivity contribution in [1.82, 2.24) is 0 Å². The Balaban J connectivity index is 2.45. The highest BCUT2D eigenvalue weighted by atomic mass is 35.5. The van der Waals surface area contributed by atoms with Gasteiger partial charge in [-0.25, -0.2) is 0 Å². The van der Waals surface area contributed by atoms with Crippen molar-refractivity contribution in [3.8, 4) is 0 Å². The molecular formula is C3H10Cl2Si2. The summed E-state index contributed by atoms with van der Waals surface area (Å²) < 4.78 is 0. The summed E-state index contributed by atoms with van der Waals surface area (Å²) in [4.78, 5) is 0. The second kappa shape index (κ2) is 7.01. The van der Waals surface area contributed by atoms with E-state index in [0.29, 0.717) is 0 Å². The lowest BCUT2D eigenvalue weighted by atomic mass is 11.8. The van der Waals surface area contributed by atoms with Crippen LogP contribution in [0.1, 0.15) is 0 Å². The zero-order chi connectivity index (χ0) is 5.54. The molecule has 0 aliphatic rings. The summed E-state index contributed by atoms with van der Waals surface area (Å²) in [5.74, 6) is 0. The molecule has 0 nitrogen and oxygen atoms in total. The molecule has 4 heteroatoms. The summed E-state index contributed by atoms with van der Waals surface area (Å²) >= 11 is 11.0.